The quantitative estimate of drug-likeness (QED) is 0.180. The number of pyridine rings is 1. The number of ketones is 1. The largest absolute Gasteiger partial charge is 0.386 e. The van der Waals surface area contributed by atoms with Crippen LogP contribution in [0, 0.1) is 5.41 Å². The van der Waals surface area contributed by atoms with E-state index >= 15 is 0 Å². The minimum atomic E-state index is -0.883. The second-order valence-corrected chi connectivity index (χ2v) is 13.6. The summed E-state index contributed by atoms with van der Waals surface area (Å²) in [5.74, 6) is 1.28. The minimum Gasteiger partial charge on any atom is -0.386 e. The van der Waals surface area contributed by atoms with Crippen molar-refractivity contribution in [2.24, 2.45) is 5.41 Å². The number of aryl methyl sites for hydroxylation is 1. The third-order valence-corrected chi connectivity index (χ3v) is 9.85. The topological polar surface area (TPSA) is 50.2 Å². The maximum absolute atomic E-state index is 11.9. The van der Waals surface area contributed by atoms with E-state index in [-0.39, 0.29) is 16.4 Å². The van der Waals surface area contributed by atoms with Gasteiger partial charge in [0.15, 0.2) is 0 Å². The standard InChI is InChI=1S/C36H38ClNO2S/c1-25(39)23-36(19-20-36)24-41-34(18-14-27-8-4-5-10-32(27)35(2,3)40)29-9-6-7-26(21-29)11-16-31-17-13-28-12-15-30(37)22-33(28)38-31/h4-13,15-17,21-22,34,40H,14,18-20,23-24H2,1-3H3. The lowest BCUT2D eigenvalue weighted by molar-refractivity contribution is -0.117. The Labute approximate surface area is 253 Å². The van der Waals surface area contributed by atoms with Crippen molar-refractivity contribution in [3.8, 4) is 0 Å². The van der Waals surface area contributed by atoms with Gasteiger partial charge < -0.3 is 9.90 Å². The number of fused-ring (bicyclic) bond motifs is 1. The van der Waals surface area contributed by atoms with Gasteiger partial charge in [0.1, 0.15) is 5.78 Å². The van der Waals surface area contributed by atoms with Crippen LogP contribution in [0.5, 0.6) is 0 Å². The lowest BCUT2D eigenvalue weighted by atomic mass is 9.90. The number of halogens is 1. The molecule has 1 fully saturated rings. The molecule has 1 atom stereocenters. The minimum absolute atomic E-state index is 0.169. The van der Waals surface area contributed by atoms with Gasteiger partial charge in [0.05, 0.1) is 16.8 Å². The van der Waals surface area contributed by atoms with Crippen molar-refractivity contribution < 1.29 is 9.90 Å². The molecular formula is C36H38ClNO2S. The van der Waals surface area contributed by atoms with Crippen molar-refractivity contribution in [3.63, 3.8) is 0 Å². The summed E-state index contributed by atoms with van der Waals surface area (Å²) < 4.78 is 0. The molecule has 0 radical (unpaired) electrons. The van der Waals surface area contributed by atoms with E-state index in [9.17, 15) is 9.90 Å². The van der Waals surface area contributed by atoms with Crippen LogP contribution in [-0.2, 0) is 16.8 Å². The van der Waals surface area contributed by atoms with Crippen LogP contribution in [0.3, 0.4) is 0 Å². The van der Waals surface area contributed by atoms with E-state index < -0.39 is 5.60 Å². The zero-order valence-corrected chi connectivity index (χ0v) is 25.6. The molecule has 1 aromatic heterocycles. The Balaban J connectivity index is 1.37. The van der Waals surface area contributed by atoms with Crippen LogP contribution in [0.4, 0.5) is 0 Å². The Bertz CT molecular complexity index is 1570. The third kappa shape index (κ3) is 7.88. The fraction of sp³-hybridized carbons (Fsp3) is 0.333. The highest BCUT2D eigenvalue weighted by Gasteiger charge is 2.43. The number of thioether (sulfide) groups is 1. The lowest BCUT2D eigenvalue weighted by Gasteiger charge is -2.24. The molecule has 5 rings (SSSR count). The van der Waals surface area contributed by atoms with Gasteiger partial charge in [0.2, 0.25) is 0 Å². The number of aromatic nitrogens is 1. The molecule has 0 saturated heterocycles. The van der Waals surface area contributed by atoms with Gasteiger partial charge >= 0.3 is 0 Å². The van der Waals surface area contributed by atoms with Crippen molar-refractivity contribution in [2.45, 2.75) is 63.7 Å². The summed E-state index contributed by atoms with van der Waals surface area (Å²) in [5.41, 5.74) is 5.65. The van der Waals surface area contributed by atoms with E-state index in [4.69, 9.17) is 16.6 Å². The number of aliphatic hydroxyl groups is 1. The van der Waals surface area contributed by atoms with Gasteiger partial charge in [-0.3, -0.25) is 0 Å². The van der Waals surface area contributed by atoms with Crippen LogP contribution in [0.2, 0.25) is 5.02 Å². The summed E-state index contributed by atoms with van der Waals surface area (Å²) in [7, 11) is 0. The molecule has 0 amide bonds. The lowest BCUT2D eigenvalue weighted by Crippen LogP contribution is -2.18. The first-order chi connectivity index (χ1) is 19.6. The number of hydrogen-bond acceptors (Lipinski definition) is 4. The summed E-state index contributed by atoms with van der Waals surface area (Å²) in [5, 5.41) is 12.8. The summed E-state index contributed by atoms with van der Waals surface area (Å²) >= 11 is 8.16. The van der Waals surface area contributed by atoms with Gasteiger partial charge in [-0.15, -0.1) is 0 Å². The van der Waals surface area contributed by atoms with Crippen molar-refractivity contribution in [3.05, 3.63) is 112 Å². The Hall–Kier alpha value is -2.92. The summed E-state index contributed by atoms with van der Waals surface area (Å²) in [6.45, 7) is 5.42. The zero-order valence-electron chi connectivity index (χ0n) is 24.1. The van der Waals surface area contributed by atoms with E-state index in [1.807, 2.05) is 68.1 Å². The molecule has 1 saturated carbocycles. The molecule has 3 nitrogen and oxygen atoms in total. The predicted octanol–water partition coefficient (Wildman–Crippen LogP) is 9.45. The average molecular weight is 584 g/mol. The Morgan fingerprint density at radius 2 is 1.83 bits per heavy atom. The number of benzene rings is 3. The molecule has 1 heterocycles. The van der Waals surface area contributed by atoms with Gasteiger partial charge in [-0.05, 0) is 104 Å². The monoisotopic (exact) mass is 583 g/mol. The molecule has 0 aliphatic heterocycles. The first kappa shape index (κ1) is 29.6. The third-order valence-electron chi connectivity index (χ3n) is 7.93. The zero-order chi connectivity index (χ0) is 29.0. The van der Waals surface area contributed by atoms with Crippen LogP contribution in [0.1, 0.15) is 79.7 Å². The molecule has 1 aliphatic carbocycles. The molecule has 212 valence electrons. The van der Waals surface area contributed by atoms with E-state index in [0.717, 1.165) is 59.2 Å². The summed E-state index contributed by atoms with van der Waals surface area (Å²) in [6, 6.07) is 26.8. The molecule has 0 bridgehead atoms. The van der Waals surface area contributed by atoms with Crippen molar-refractivity contribution in [1.29, 1.82) is 0 Å². The molecule has 3 aromatic carbocycles. The second-order valence-electron chi connectivity index (χ2n) is 12.0. The molecule has 0 spiro atoms. The predicted molar refractivity (Wildman–Crippen MR) is 174 cm³/mol. The normalized spacial score (nSPS) is 15.3. The molecule has 1 unspecified atom stereocenters. The number of nitrogens with zero attached hydrogens (tertiary/aromatic N) is 1. The van der Waals surface area contributed by atoms with Crippen LogP contribution in [0.15, 0.2) is 78.9 Å². The molecule has 41 heavy (non-hydrogen) atoms. The van der Waals surface area contributed by atoms with Crippen molar-refractivity contribution in [1.82, 2.24) is 4.98 Å². The smallest absolute Gasteiger partial charge is 0.130 e. The van der Waals surface area contributed by atoms with Gasteiger partial charge in [-0.1, -0.05) is 78.3 Å². The molecule has 1 N–H and O–H groups in total. The maximum atomic E-state index is 11.9. The van der Waals surface area contributed by atoms with E-state index in [2.05, 4.69) is 48.5 Å². The molecular weight excluding hydrogens is 546 g/mol. The second kappa shape index (κ2) is 12.5. The van der Waals surface area contributed by atoms with Gasteiger partial charge in [-0.2, -0.15) is 11.8 Å². The first-order valence-electron chi connectivity index (χ1n) is 14.4. The van der Waals surface area contributed by atoms with Crippen molar-refractivity contribution >= 4 is 52.2 Å². The SMILES string of the molecule is CC(=O)CC1(CSC(CCc2ccccc2C(C)(C)O)c2cccc(C=Cc3ccc4ccc(Cl)cc4n3)c2)CC1. The number of Topliss-reactive ketones (excluding diaryl/α,β-unsaturated/α-hetero) is 1. The highest BCUT2D eigenvalue weighted by atomic mass is 35.5. The Morgan fingerprint density at radius 3 is 2.59 bits per heavy atom. The van der Waals surface area contributed by atoms with E-state index in [1.165, 1.54) is 11.1 Å². The highest BCUT2D eigenvalue weighted by Crippen LogP contribution is 2.53. The number of carbonyl (C=O) groups is 1. The fourth-order valence-corrected chi connectivity index (χ4v) is 7.30. The summed E-state index contributed by atoms with van der Waals surface area (Å²) in [6.07, 6.45) is 8.95. The molecule has 5 heteroatoms. The van der Waals surface area contributed by atoms with Crippen LogP contribution in [-0.4, -0.2) is 21.6 Å². The highest BCUT2D eigenvalue weighted by molar-refractivity contribution is 7.99. The Morgan fingerprint density at radius 1 is 1.05 bits per heavy atom. The van der Waals surface area contributed by atoms with E-state index in [1.54, 1.807) is 6.92 Å². The van der Waals surface area contributed by atoms with Gasteiger partial charge in [0, 0.05) is 22.1 Å². The number of carbonyl (C=O) groups excluding carboxylic acids is 1. The molecule has 4 aromatic rings. The van der Waals surface area contributed by atoms with Crippen LogP contribution < -0.4 is 0 Å². The van der Waals surface area contributed by atoms with Gasteiger partial charge in [-0.25, -0.2) is 4.98 Å². The van der Waals surface area contributed by atoms with Crippen molar-refractivity contribution in [2.75, 3.05) is 5.75 Å². The van der Waals surface area contributed by atoms with Crippen LogP contribution in [0.25, 0.3) is 23.1 Å². The number of hydrogen-bond donors (Lipinski definition) is 1. The maximum Gasteiger partial charge on any atom is 0.130 e. The van der Waals surface area contributed by atoms with Gasteiger partial charge in [0.25, 0.3) is 0 Å². The molecule has 1 aliphatic rings. The number of rotatable bonds is 12. The average Bonchev–Trinajstić information content (AvgIpc) is 3.70. The van der Waals surface area contributed by atoms with Crippen LogP contribution >= 0.6 is 23.4 Å². The summed E-state index contributed by atoms with van der Waals surface area (Å²) in [4.78, 5) is 16.7. The van der Waals surface area contributed by atoms with E-state index in [0.29, 0.717) is 11.4 Å². The first-order valence-corrected chi connectivity index (χ1v) is 15.8. The Kier molecular flexibility index (Phi) is 9.03. The fourth-order valence-electron chi connectivity index (χ4n) is 5.57.